The second-order valence-electron chi connectivity index (χ2n) is 10.7. The van der Waals surface area contributed by atoms with E-state index in [1.54, 1.807) is 24.3 Å². The molecule has 0 amide bonds. The Morgan fingerprint density at radius 1 is 0.816 bits per heavy atom. The predicted molar refractivity (Wildman–Crippen MR) is 156 cm³/mol. The van der Waals surface area contributed by atoms with Gasteiger partial charge in [-0.3, -0.25) is 30.6 Å². The topological polar surface area (TPSA) is 135 Å². The van der Waals surface area contributed by atoms with Crippen LogP contribution in [0.5, 0.6) is 0 Å². The lowest BCUT2D eigenvalue weighted by Crippen LogP contribution is -2.33. The molecule has 3 rings (SSSR count). The van der Waals surface area contributed by atoms with Crippen molar-refractivity contribution in [1.82, 2.24) is 10.4 Å². The largest absolute Gasteiger partial charge is 0.269 e. The average Bonchev–Trinajstić information content (AvgIpc) is 2.90. The van der Waals surface area contributed by atoms with Crippen LogP contribution in [-0.4, -0.2) is 26.9 Å². The number of non-ortho nitro benzene ring substituents is 2. The number of rotatable bonds is 9. The van der Waals surface area contributed by atoms with Gasteiger partial charge in [0.2, 0.25) is 0 Å². The quantitative estimate of drug-likeness (QED) is 0.150. The Morgan fingerprint density at radius 3 is 1.50 bits per heavy atom. The fraction of sp³-hybridized carbons (Fsp3) is 0.462. The van der Waals surface area contributed by atoms with Crippen molar-refractivity contribution in [3.8, 4) is 0 Å². The normalized spacial score (nSPS) is 19.1. The smallest absolute Gasteiger partial charge is 0.262 e. The SMILES string of the molecule is C/C(=N\NP(=S)(N/N=C(\C)c1ccc([N+](=O)[O-])cc1)C1CCC(C(C)(C)C)CC1)c1ccc([N+](=O)[O-])cc1. The van der Waals surface area contributed by atoms with E-state index in [-0.39, 0.29) is 22.4 Å². The summed E-state index contributed by atoms with van der Waals surface area (Å²) in [7, 11) is 0. The van der Waals surface area contributed by atoms with Crippen molar-refractivity contribution in [2.45, 2.75) is 66.0 Å². The summed E-state index contributed by atoms with van der Waals surface area (Å²) in [6.07, 6.45) is 1.53. The number of hydrazone groups is 2. The minimum Gasteiger partial charge on any atom is -0.262 e. The molecule has 2 N–H and O–H groups in total. The van der Waals surface area contributed by atoms with Gasteiger partial charge in [0.15, 0.2) is 6.34 Å². The molecule has 2 aromatic carbocycles. The van der Waals surface area contributed by atoms with Gasteiger partial charge in [0.25, 0.3) is 11.4 Å². The molecule has 1 saturated carbocycles. The molecule has 0 aliphatic heterocycles. The Labute approximate surface area is 228 Å². The van der Waals surface area contributed by atoms with Crippen LogP contribution in [0.2, 0.25) is 0 Å². The molecule has 0 unspecified atom stereocenters. The van der Waals surface area contributed by atoms with Crippen LogP contribution in [0.15, 0.2) is 58.7 Å². The number of nitrogens with zero attached hydrogens (tertiary/aromatic N) is 4. The van der Waals surface area contributed by atoms with E-state index in [4.69, 9.17) is 11.8 Å². The van der Waals surface area contributed by atoms with E-state index in [0.29, 0.717) is 17.3 Å². The Kier molecular flexibility index (Phi) is 9.38. The Hall–Kier alpha value is -3.17. The van der Waals surface area contributed by atoms with Gasteiger partial charge in [0.1, 0.15) is 0 Å². The lowest BCUT2D eigenvalue weighted by atomic mass is 9.72. The fourth-order valence-electron chi connectivity index (χ4n) is 4.57. The van der Waals surface area contributed by atoms with Gasteiger partial charge in [0.05, 0.1) is 21.3 Å². The van der Waals surface area contributed by atoms with Crippen LogP contribution in [0.25, 0.3) is 0 Å². The molecule has 2 aromatic rings. The van der Waals surface area contributed by atoms with Gasteiger partial charge in [0, 0.05) is 29.9 Å². The molecule has 0 saturated heterocycles. The van der Waals surface area contributed by atoms with Gasteiger partial charge >= 0.3 is 0 Å². The lowest BCUT2D eigenvalue weighted by Gasteiger charge is -2.40. The molecule has 38 heavy (non-hydrogen) atoms. The number of hydrogen-bond acceptors (Lipinski definition) is 7. The Bertz CT molecular complexity index is 1180. The van der Waals surface area contributed by atoms with E-state index in [1.807, 2.05) is 13.8 Å². The minimum atomic E-state index is -2.53. The highest BCUT2D eigenvalue weighted by Gasteiger charge is 2.36. The number of nitrogens with one attached hydrogen (secondary N) is 2. The monoisotopic (exact) mass is 558 g/mol. The molecule has 1 aliphatic rings. The molecule has 10 nitrogen and oxygen atoms in total. The van der Waals surface area contributed by atoms with Crippen molar-refractivity contribution in [2.24, 2.45) is 21.5 Å². The van der Waals surface area contributed by atoms with Crippen molar-refractivity contribution < 1.29 is 9.85 Å². The third kappa shape index (κ3) is 7.45. The molecule has 0 spiro atoms. The first-order chi connectivity index (χ1) is 17.8. The lowest BCUT2D eigenvalue weighted by molar-refractivity contribution is -0.385. The maximum atomic E-state index is 11.0. The van der Waals surface area contributed by atoms with Crippen LogP contribution < -0.4 is 10.4 Å². The van der Waals surface area contributed by atoms with Crippen LogP contribution in [0.3, 0.4) is 0 Å². The molecule has 12 heteroatoms. The highest BCUT2D eigenvalue weighted by molar-refractivity contribution is 8.13. The maximum Gasteiger partial charge on any atom is 0.269 e. The fourth-order valence-corrected chi connectivity index (χ4v) is 7.44. The zero-order chi connectivity index (χ0) is 28.1. The summed E-state index contributed by atoms with van der Waals surface area (Å²) in [5.41, 5.74) is 3.30. The summed E-state index contributed by atoms with van der Waals surface area (Å²) in [5.74, 6) is 0.623. The Morgan fingerprint density at radius 2 is 1.18 bits per heavy atom. The van der Waals surface area contributed by atoms with Crippen molar-refractivity contribution in [2.75, 3.05) is 0 Å². The Balaban J connectivity index is 1.84. The van der Waals surface area contributed by atoms with E-state index in [2.05, 4.69) is 41.4 Å². The average molecular weight is 559 g/mol. The molecule has 0 radical (unpaired) electrons. The molecule has 0 bridgehead atoms. The predicted octanol–water partition coefficient (Wildman–Crippen LogP) is 6.74. The molecular formula is C26H35N6O4PS. The molecule has 1 fully saturated rings. The van der Waals surface area contributed by atoms with Crippen LogP contribution in [0, 0.1) is 31.6 Å². The zero-order valence-corrected chi connectivity index (χ0v) is 24.1. The third-order valence-corrected chi connectivity index (χ3v) is 10.9. The van der Waals surface area contributed by atoms with Gasteiger partial charge in [-0.15, -0.1) is 0 Å². The van der Waals surface area contributed by atoms with Crippen molar-refractivity contribution in [1.29, 1.82) is 0 Å². The van der Waals surface area contributed by atoms with Gasteiger partial charge in [-0.2, -0.15) is 10.2 Å². The van der Waals surface area contributed by atoms with E-state index >= 15 is 0 Å². The van der Waals surface area contributed by atoms with E-state index in [0.717, 1.165) is 36.8 Å². The third-order valence-electron chi connectivity index (χ3n) is 7.16. The van der Waals surface area contributed by atoms with Crippen LogP contribution in [-0.2, 0) is 11.8 Å². The molecule has 0 heterocycles. The standard InChI is InChI=1S/C26H35N6O4PS/c1-18(20-6-12-23(13-7-20)31(33)34)27-29-37(38,25-16-10-22(11-17-25)26(3,4)5)30-28-19(2)21-8-14-24(15-9-21)32(35)36/h6-9,12-15,22,25H,10-11,16-17H2,1-5H3,(H2,29,30,38)/b27-18+,28-19+. The minimum absolute atomic E-state index is 0.0213. The molecule has 204 valence electrons. The van der Waals surface area contributed by atoms with Crippen molar-refractivity contribution >= 4 is 40.9 Å². The van der Waals surface area contributed by atoms with E-state index in [9.17, 15) is 20.2 Å². The van der Waals surface area contributed by atoms with Gasteiger partial charge in [-0.1, -0.05) is 20.8 Å². The van der Waals surface area contributed by atoms with Crippen LogP contribution in [0.1, 0.15) is 71.4 Å². The number of benzene rings is 2. The summed E-state index contributed by atoms with van der Waals surface area (Å²) >= 11 is 6.20. The second-order valence-corrected chi connectivity index (χ2v) is 14.9. The summed E-state index contributed by atoms with van der Waals surface area (Å²) in [6, 6.07) is 12.5. The maximum absolute atomic E-state index is 11.0. The van der Waals surface area contributed by atoms with Crippen molar-refractivity contribution in [3.63, 3.8) is 0 Å². The molecule has 0 aromatic heterocycles. The first-order valence-corrected chi connectivity index (χ1v) is 15.4. The highest BCUT2D eigenvalue weighted by Crippen LogP contribution is 2.52. The van der Waals surface area contributed by atoms with Gasteiger partial charge in [-0.25, -0.2) is 0 Å². The first-order valence-electron chi connectivity index (χ1n) is 12.5. The number of nitro groups is 2. The summed E-state index contributed by atoms with van der Waals surface area (Å²) in [6.45, 7) is 10.5. The molecule has 0 atom stereocenters. The first kappa shape index (κ1) is 29.4. The second kappa shape index (κ2) is 12.1. The highest BCUT2D eigenvalue weighted by atomic mass is 32.4. The molecule has 1 aliphatic carbocycles. The number of nitro benzene ring substituents is 2. The van der Waals surface area contributed by atoms with E-state index in [1.165, 1.54) is 24.3 Å². The number of hydrogen-bond donors (Lipinski definition) is 2. The van der Waals surface area contributed by atoms with Crippen molar-refractivity contribution in [3.05, 3.63) is 79.9 Å². The summed E-state index contributed by atoms with van der Waals surface area (Å²) in [5, 5.41) is 37.7. The summed E-state index contributed by atoms with van der Waals surface area (Å²) in [4.78, 5) is 21.1. The van der Waals surface area contributed by atoms with Crippen LogP contribution in [0.4, 0.5) is 11.4 Å². The van der Waals surface area contributed by atoms with Gasteiger partial charge < -0.3 is 0 Å². The van der Waals surface area contributed by atoms with Gasteiger partial charge in [-0.05, 0) is 98.1 Å². The van der Waals surface area contributed by atoms with Crippen LogP contribution >= 0.6 is 6.34 Å². The molecular weight excluding hydrogens is 523 g/mol. The summed E-state index contributed by atoms with van der Waals surface area (Å²) < 4.78 is 0. The van der Waals surface area contributed by atoms with E-state index < -0.39 is 16.2 Å². The zero-order valence-electron chi connectivity index (χ0n) is 22.4.